The predicted molar refractivity (Wildman–Crippen MR) is 132 cm³/mol. The topological polar surface area (TPSA) is 53.2 Å². The first kappa shape index (κ1) is 24.2. The molecule has 3 N–H and O–H groups in total. The third-order valence-corrected chi connectivity index (χ3v) is 5.91. The Morgan fingerprint density at radius 2 is 1.75 bits per heavy atom. The second-order valence-corrected chi connectivity index (χ2v) is 11.1. The largest absolute Gasteiger partial charge is 0.339 e. The minimum absolute atomic E-state index is 0.178. The molecule has 1 unspecified atom stereocenters. The molecule has 2 aromatic carbocycles. The van der Waals surface area contributed by atoms with Gasteiger partial charge in [-0.15, -0.1) is 0 Å². The molecule has 2 aromatic rings. The third kappa shape index (κ3) is 7.00. The van der Waals surface area contributed by atoms with Crippen LogP contribution in [0.4, 0.5) is 5.69 Å². The van der Waals surface area contributed by atoms with Gasteiger partial charge in [-0.2, -0.15) is 0 Å². The minimum atomic E-state index is -1.85. The van der Waals surface area contributed by atoms with Crippen molar-refractivity contribution in [2.24, 2.45) is 0 Å². The van der Waals surface area contributed by atoms with Crippen molar-refractivity contribution in [3.63, 3.8) is 0 Å². The van der Waals surface area contributed by atoms with Gasteiger partial charge < -0.3 is 16.0 Å². The molecule has 0 radical (unpaired) electrons. The van der Waals surface area contributed by atoms with Gasteiger partial charge in [0.1, 0.15) is 6.17 Å². The molecule has 0 spiro atoms. The minimum Gasteiger partial charge on any atom is -0.339 e. The van der Waals surface area contributed by atoms with Crippen molar-refractivity contribution >= 4 is 112 Å². The summed E-state index contributed by atoms with van der Waals surface area (Å²) in [5.41, 5.74) is 2.09. The monoisotopic (exact) mass is 649 g/mol. The van der Waals surface area contributed by atoms with Crippen molar-refractivity contribution in [2.45, 2.75) is 16.9 Å². The highest BCUT2D eigenvalue weighted by molar-refractivity contribution is 9.11. The van der Waals surface area contributed by atoms with Gasteiger partial charge in [-0.25, -0.2) is 0 Å². The lowest BCUT2D eigenvalue weighted by Gasteiger charge is -2.28. The average Bonchev–Trinajstić information content (AvgIpc) is 2.56. The lowest BCUT2D eigenvalue weighted by molar-refractivity contribution is 0.0934. The lowest BCUT2D eigenvalue weighted by atomic mass is 10.2. The zero-order valence-electron chi connectivity index (χ0n) is 14.1. The van der Waals surface area contributed by atoms with Crippen molar-refractivity contribution < 1.29 is 4.79 Å². The zero-order valence-corrected chi connectivity index (χ0v) is 22.0. The van der Waals surface area contributed by atoms with E-state index in [9.17, 15) is 4.79 Å². The highest BCUT2D eigenvalue weighted by Crippen LogP contribution is 2.31. The number of aryl methyl sites for hydroxylation is 1. The fraction of sp³-hybridized carbons (Fsp3) is 0.176. The first-order valence-electron chi connectivity index (χ1n) is 7.63. The molecule has 11 heteroatoms. The maximum atomic E-state index is 12.5. The lowest BCUT2D eigenvalue weighted by Crippen LogP contribution is -2.56. The van der Waals surface area contributed by atoms with Gasteiger partial charge >= 0.3 is 0 Å². The van der Waals surface area contributed by atoms with Crippen LogP contribution in [0.3, 0.4) is 0 Å². The van der Waals surface area contributed by atoms with E-state index >= 15 is 0 Å². The van der Waals surface area contributed by atoms with E-state index < -0.39 is 15.9 Å². The summed E-state index contributed by atoms with van der Waals surface area (Å²) in [6.45, 7) is 1.92. The summed E-state index contributed by atoms with van der Waals surface area (Å²) in [5, 5.41) is 8.71. The van der Waals surface area contributed by atoms with Crippen LogP contribution in [0.1, 0.15) is 15.9 Å². The van der Waals surface area contributed by atoms with Crippen molar-refractivity contribution in [1.82, 2.24) is 10.6 Å². The molecule has 150 valence electrons. The van der Waals surface area contributed by atoms with E-state index in [0.29, 0.717) is 5.56 Å². The summed E-state index contributed by atoms with van der Waals surface area (Å²) < 4.78 is 0.625. The third-order valence-electron chi connectivity index (χ3n) is 3.46. The van der Waals surface area contributed by atoms with E-state index in [1.165, 1.54) is 0 Å². The van der Waals surface area contributed by atoms with Crippen LogP contribution in [0.2, 0.25) is 0 Å². The molecule has 4 nitrogen and oxygen atoms in total. The van der Waals surface area contributed by atoms with Gasteiger partial charge in [-0.05, 0) is 71.0 Å². The molecule has 0 fully saturated rings. The number of hydrogen-bond acceptors (Lipinski definition) is 2. The predicted octanol–water partition coefficient (Wildman–Crippen LogP) is 6.70. The molecule has 0 aliphatic rings. The Bertz CT molecular complexity index is 886. The Balaban J connectivity index is 2.14. The Hall–Kier alpha value is -0.0900. The Morgan fingerprint density at radius 1 is 1.07 bits per heavy atom. The summed E-state index contributed by atoms with van der Waals surface area (Å²) >= 11 is 33.7. The molecular weight excluding hydrogens is 640 g/mol. The molecule has 0 aromatic heterocycles. The molecule has 0 aliphatic heterocycles. The summed E-state index contributed by atoms with van der Waals surface area (Å²) in [4.78, 5) is 12.5. The number of rotatable bonds is 4. The number of halogens is 6. The second-order valence-electron chi connectivity index (χ2n) is 5.64. The standard InChI is InChI=1S/C17H13Br3Cl3N3OS/c1-8-5-11(19)7-12(20)13(8)24-16(28)26-15(17(21,22)23)25-14(27)9-3-2-4-10(18)6-9/h2-7,15H,1H3,(H,25,27)(H2,24,26,28). The van der Waals surface area contributed by atoms with Crippen LogP contribution < -0.4 is 16.0 Å². The quantitative estimate of drug-likeness (QED) is 0.196. The van der Waals surface area contributed by atoms with Gasteiger partial charge in [0.15, 0.2) is 5.11 Å². The highest BCUT2D eigenvalue weighted by atomic mass is 79.9. The molecule has 0 saturated carbocycles. The van der Waals surface area contributed by atoms with Gasteiger partial charge in [0.25, 0.3) is 5.91 Å². The summed E-state index contributed by atoms with van der Waals surface area (Å²) in [5.74, 6) is -0.422. The van der Waals surface area contributed by atoms with Crippen LogP contribution in [-0.2, 0) is 0 Å². The van der Waals surface area contributed by atoms with E-state index in [1.807, 2.05) is 19.1 Å². The maximum absolute atomic E-state index is 12.5. The van der Waals surface area contributed by atoms with Crippen LogP contribution in [0, 0.1) is 6.92 Å². The average molecular weight is 653 g/mol. The summed E-state index contributed by atoms with van der Waals surface area (Å²) in [7, 11) is 0. The molecule has 0 heterocycles. The number of thiocarbonyl (C=S) groups is 1. The number of nitrogens with one attached hydrogen (secondary N) is 3. The fourth-order valence-corrected chi connectivity index (χ4v) is 4.67. The molecular formula is C17H13Br3Cl3N3OS. The smallest absolute Gasteiger partial charge is 0.253 e. The van der Waals surface area contributed by atoms with Crippen molar-refractivity contribution in [3.05, 3.63) is 60.9 Å². The Kier molecular flexibility index (Phi) is 8.88. The fourth-order valence-electron chi connectivity index (χ4n) is 2.19. The zero-order chi connectivity index (χ0) is 21.1. The molecule has 0 saturated heterocycles. The molecule has 1 amide bonds. The number of hydrogen-bond donors (Lipinski definition) is 3. The highest BCUT2D eigenvalue weighted by Gasteiger charge is 2.35. The van der Waals surface area contributed by atoms with E-state index in [0.717, 1.165) is 24.7 Å². The maximum Gasteiger partial charge on any atom is 0.253 e. The van der Waals surface area contributed by atoms with E-state index in [-0.39, 0.29) is 5.11 Å². The van der Waals surface area contributed by atoms with Gasteiger partial charge in [0.2, 0.25) is 3.79 Å². The number of anilines is 1. The molecule has 0 bridgehead atoms. The Morgan fingerprint density at radius 3 is 2.32 bits per heavy atom. The molecule has 1 atom stereocenters. The first-order chi connectivity index (χ1) is 13.0. The number of carbonyl (C=O) groups excluding carboxylic acids is 1. The van der Waals surface area contributed by atoms with Crippen LogP contribution in [0.25, 0.3) is 0 Å². The Labute approximate surface area is 208 Å². The number of carbonyl (C=O) groups is 1. The first-order valence-corrected chi connectivity index (χ1v) is 11.6. The van der Waals surface area contributed by atoms with Crippen LogP contribution in [0.15, 0.2) is 49.8 Å². The summed E-state index contributed by atoms with van der Waals surface area (Å²) in [6, 6.07) is 10.6. The number of amides is 1. The van der Waals surface area contributed by atoms with E-state index in [2.05, 4.69) is 63.7 Å². The van der Waals surface area contributed by atoms with Gasteiger partial charge in [0, 0.05) is 19.0 Å². The van der Waals surface area contributed by atoms with Crippen molar-refractivity contribution in [1.29, 1.82) is 0 Å². The molecule has 2 rings (SSSR count). The van der Waals surface area contributed by atoms with E-state index in [4.69, 9.17) is 47.0 Å². The second kappa shape index (κ2) is 10.3. The number of alkyl halides is 3. The van der Waals surface area contributed by atoms with Gasteiger partial charge in [0.05, 0.1) is 5.69 Å². The summed E-state index contributed by atoms with van der Waals surface area (Å²) in [6.07, 6.45) is -1.07. The molecule has 0 aliphatic carbocycles. The SMILES string of the molecule is Cc1cc(Br)cc(Br)c1NC(=S)NC(NC(=O)c1cccc(Br)c1)C(Cl)(Cl)Cl. The number of benzene rings is 2. The van der Waals surface area contributed by atoms with Crippen LogP contribution >= 0.6 is 94.8 Å². The molecule has 28 heavy (non-hydrogen) atoms. The van der Waals surface area contributed by atoms with Crippen LogP contribution in [0.5, 0.6) is 0 Å². The van der Waals surface area contributed by atoms with Gasteiger partial charge in [-0.1, -0.05) is 72.7 Å². The van der Waals surface area contributed by atoms with Crippen molar-refractivity contribution in [2.75, 3.05) is 5.32 Å². The van der Waals surface area contributed by atoms with E-state index in [1.54, 1.807) is 24.3 Å². The normalized spacial score (nSPS) is 12.2. The van der Waals surface area contributed by atoms with Crippen LogP contribution in [-0.4, -0.2) is 21.0 Å². The van der Waals surface area contributed by atoms with Crippen molar-refractivity contribution in [3.8, 4) is 0 Å². The van der Waals surface area contributed by atoms with Gasteiger partial charge in [-0.3, -0.25) is 4.79 Å².